The Morgan fingerprint density at radius 2 is 1.38 bits per heavy atom. The second-order valence-corrected chi connectivity index (χ2v) is 13.6. The fourth-order valence-corrected chi connectivity index (χ4v) is 7.02. The summed E-state index contributed by atoms with van der Waals surface area (Å²) < 4.78 is 46.3. The van der Waals surface area contributed by atoms with Gasteiger partial charge in [-0.25, -0.2) is 0 Å². The summed E-state index contributed by atoms with van der Waals surface area (Å²) in [5, 5.41) is 1.28. The monoisotopic (exact) mass is 670 g/mol. The van der Waals surface area contributed by atoms with Crippen LogP contribution in [-0.4, -0.2) is 71.4 Å². The van der Waals surface area contributed by atoms with Crippen molar-refractivity contribution in [3.8, 4) is 5.75 Å². The molecular weight excluding hydrogens is 612 g/mol. The highest BCUT2D eigenvalue weighted by atomic mass is 32.1. The Hall–Kier alpha value is -2.04. The van der Waals surface area contributed by atoms with Crippen LogP contribution in [0, 0.1) is 0 Å². The largest absolute Gasteiger partial charge is 0.467 e. The SMILES string of the molecule is CCCCOC[C@H]1O[C@@H](c2cc(Cc3cc4ccccc4s3)ccc2OCOC)[C@H](OCCCC)[C@@H](OCCCC)[C@@H]1OCCCC. The molecule has 0 spiro atoms. The van der Waals surface area contributed by atoms with E-state index in [0.717, 1.165) is 69.1 Å². The van der Waals surface area contributed by atoms with Gasteiger partial charge in [-0.15, -0.1) is 11.3 Å². The number of thiophene rings is 1. The van der Waals surface area contributed by atoms with E-state index < -0.39 is 6.10 Å². The predicted octanol–water partition coefficient (Wildman–Crippen LogP) is 9.29. The average molecular weight is 671 g/mol. The van der Waals surface area contributed by atoms with Gasteiger partial charge in [0, 0.05) is 55.1 Å². The number of methoxy groups -OCH3 is 1. The molecule has 1 fully saturated rings. The van der Waals surface area contributed by atoms with Crippen LogP contribution in [0.3, 0.4) is 0 Å². The number of ether oxygens (including phenoxy) is 7. The van der Waals surface area contributed by atoms with E-state index in [9.17, 15) is 0 Å². The number of benzene rings is 2. The Bertz CT molecular complexity index is 1250. The number of fused-ring (bicyclic) bond motifs is 1. The summed E-state index contributed by atoms with van der Waals surface area (Å²) in [6.45, 7) is 11.9. The summed E-state index contributed by atoms with van der Waals surface area (Å²) >= 11 is 1.84. The number of rotatable bonds is 23. The van der Waals surface area contributed by atoms with Gasteiger partial charge >= 0.3 is 0 Å². The first-order chi connectivity index (χ1) is 23.1. The van der Waals surface area contributed by atoms with Crippen molar-refractivity contribution in [2.24, 2.45) is 0 Å². The molecule has 1 aromatic heterocycles. The molecule has 262 valence electrons. The molecule has 2 heterocycles. The molecule has 1 aliphatic rings. The standard InChI is InChI=1S/C39H58O7S/c1-6-10-20-41-27-34-37(42-21-11-7-2)39(44-23-13-9-4)38(43-22-12-8-3)36(46-34)32-25-29(18-19-33(32)45-28-40-5)24-31-26-30-16-14-15-17-35(30)47-31/h14-19,25-26,34,36-39H,6-13,20-24,27-28H2,1-5H3/t34-,36+,37-,38+,39+/m1/s1. The summed E-state index contributed by atoms with van der Waals surface area (Å²) in [7, 11) is 1.64. The first-order valence-electron chi connectivity index (χ1n) is 17.9. The Labute approximate surface area is 287 Å². The molecule has 8 heteroatoms. The molecule has 1 saturated heterocycles. The minimum atomic E-state index is -0.446. The summed E-state index contributed by atoms with van der Waals surface area (Å²) in [6.07, 6.45) is 7.14. The van der Waals surface area contributed by atoms with Gasteiger partial charge in [-0.1, -0.05) is 77.6 Å². The molecule has 0 bridgehead atoms. The predicted molar refractivity (Wildman–Crippen MR) is 191 cm³/mol. The summed E-state index contributed by atoms with van der Waals surface area (Å²) in [5.41, 5.74) is 2.13. The normalized spacial score (nSPS) is 21.4. The quantitative estimate of drug-likeness (QED) is 0.0736. The first kappa shape index (κ1) is 37.8. The Morgan fingerprint density at radius 3 is 2.06 bits per heavy atom. The Balaban J connectivity index is 1.74. The third-order valence-electron chi connectivity index (χ3n) is 8.55. The smallest absolute Gasteiger partial charge is 0.188 e. The molecule has 0 aliphatic carbocycles. The van der Waals surface area contributed by atoms with Crippen LogP contribution >= 0.6 is 11.3 Å². The minimum Gasteiger partial charge on any atom is -0.467 e. The molecular formula is C39H58O7S. The number of hydrogen-bond acceptors (Lipinski definition) is 8. The third-order valence-corrected chi connectivity index (χ3v) is 9.67. The molecule has 3 aromatic rings. The maximum atomic E-state index is 7.08. The van der Waals surface area contributed by atoms with Crippen LogP contribution in [0.15, 0.2) is 48.5 Å². The zero-order valence-electron chi connectivity index (χ0n) is 29.4. The highest BCUT2D eigenvalue weighted by molar-refractivity contribution is 7.19. The van der Waals surface area contributed by atoms with Gasteiger partial charge in [-0.3, -0.25) is 0 Å². The maximum absolute atomic E-state index is 7.08. The molecule has 7 nitrogen and oxygen atoms in total. The molecule has 4 rings (SSSR count). The van der Waals surface area contributed by atoms with Crippen molar-refractivity contribution in [2.75, 3.05) is 46.9 Å². The molecule has 5 atom stereocenters. The molecule has 47 heavy (non-hydrogen) atoms. The van der Waals surface area contributed by atoms with Crippen molar-refractivity contribution in [2.45, 2.75) is 116 Å². The summed E-state index contributed by atoms with van der Waals surface area (Å²) in [4.78, 5) is 1.32. The van der Waals surface area contributed by atoms with E-state index in [2.05, 4.69) is 70.2 Å². The first-order valence-corrected chi connectivity index (χ1v) is 18.7. The highest BCUT2D eigenvalue weighted by Crippen LogP contribution is 2.42. The molecule has 0 N–H and O–H groups in total. The van der Waals surface area contributed by atoms with Crippen LogP contribution in [-0.2, 0) is 34.8 Å². The van der Waals surface area contributed by atoms with Crippen molar-refractivity contribution < 1.29 is 33.2 Å². The van der Waals surface area contributed by atoms with E-state index in [4.69, 9.17) is 33.2 Å². The van der Waals surface area contributed by atoms with Crippen LogP contribution in [0.1, 0.15) is 101 Å². The fourth-order valence-electron chi connectivity index (χ4n) is 5.92. The van der Waals surface area contributed by atoms with E-state index in [1.54, 1.807) is 7.11 Å². The Morgan fingerprint density at radius 1 is 0.723 bits per heavy atom. The van der Waals surface area contributed by atoms with Gasteiger partial charge in [0.25, 0.3) is 0 Å². The summed E-state index contributed by atoms with van der Waals surface area (Å²) in [5.74, 6) is 0.726. The van der Waals surface area contributed by atoms with Crippen LogP contribution in [0.25, 0.3) is 10.1 Å². The zero-order chi connectivity index (χ0) is 33.3. The average Bonchev–Trinajstić information content (AvgIpc) is 3.50. The lowest BCUT2D eigenvalue weighted by Gasteiger charge is -2.46. The highest BCUT2D eigenvalue weighted by Gasteiger charge is 2.49. The van der Waals surface area contributed by atoms with Gasteiger partial charge in [0.1, 0.15) is 36.3 Å². The van der Waals surface area contributed by atoms with Crippen molar-refractivity contribution in [1.82, 2.24) is 0 Å². The van der Waals surface area contributed by atoms with E-state index in [1.165, 1.54) is 20.5 Å². The van der Waals surface area contributed by atoms with Crippen LogP contribution < -0.4 is 4.74 Å². The van der Waals surface area contributed by atoms with E-state index in [1.807, 2.05) is 17.4 Å². The van der Waals surface area contributed by atoms with Gasteiger partial charge in [-0.2, -0.15) is 0 Å². The minimum absolute atomic E-state index is 0.138. The number of hydrogen-bond donors (Lipinski definition) is 0. The lowest BCUT2D eigenvalue weighted by Crippen LogP contribution is -2.58. The summed E-state index contributed by atoms with van der Waals surface area (Å²) in [6, 6.07) is 17.3. The van der Waals surface area contributed by atoms with E-state index in [0.29, 0.717) is 33.0 Å². The molecule has 0 radical (unpaired) electrons. The van der Waals surface area contributed by atoms with Gasteiger partial charge in [-0.05, 0) is 60.9 Å². The molecule has 0 unspecified atom stereocenters. The lowest BCUT2D eigenvalue weighted by molar-refractivity contribution is -0.268. The molecule has 1 aliphatic heterocycles. The fraction of sp³-hybridized carbons (Fsp3) is 0.641. The maximum Gasteiger partial charge on any atom is 0.188 e. The molecule has 2 aromatic carbocycles. The van der Waals surface area contributed by atoms with Crippen LogP contribution in [0.4, 0.5) is 0 Å². The van der Waals surface area contributed by atoms with Gasteiger partial charge in [0.2, 0.25) is 0 Å². The van der Waals surface area contributed by atoms with Crippen molar-refractivity contribution in [3.63, 3.8) is 0 Å². The second-order valence-electron chi connectivity index (χ2n) is 12.4. The topological polar surface area (TPSA) is 64.6 Å². The molecule has 0 saturated carbocycles. The van der Waals surface area contributed by atoms with Crippen molar-refractivity contribution in [1.29, 1.82) is 0 Å². The van der Waals surface area contributed by atoms with E-state index >= 15 is 0 Å². The Kier molecular flexibility index (Phi) is 17.0. The third kappa shape index (κ3) is 11.2. The van der Waals surface area contributed by atoms with Crippen LogP contribution in [0.5, 0.6) is 5.75 Å². The lowest BCUT2D eigenvalue weighted by atomic mass is 9.89. The second kappa shape index (κ2) is 21.1. The van der Waals surface area contributed by atoms with Gasteiger partial charge < -0.3 is 33.2 Å². The van der Waals surface area contributed by atoms with Crippen molar-refractivity contribution in [3.05, 3.63) is 64.5 Å². The number of unbranched alkanes of at least 4 members (excludes halogenated alkanes) is 4. The van der Waals surface area contributed by atoms with Gasteiger partial charge in [0.05, 0.1) is 6.61 Å². The van der Waals surface area contributed by atoms with E-state index in [-0.39, 0.29) is 31.2 Å². The van der Waals surface area contributed by atoms with Crippen LogP contribution in [0.2, 0.25) is 0 Å². The zero-order valence-corrected chi connectivity index (χ0v) is 30.2. The van der Waals surface area contributed by atoms with Gasteiger partial charge in [0.15, 0.2) is 6.79 Å². The molecule has 0 amide bonds. The van der Waals surface area contributed by atoms with Crippen molar-refractivity contribution >= 4 is 21.4 Å².